The van der Waals surface area contributed by atoms with Crippen LogP contribution >= 0.6 is 11.6 Å². The van der Waals surface area contributed by atoms with Crippen molar-refractivity contribution >= 4 is 39.8 Å². The Labute approximate surface area is 256 Å². The van der Waals surface area contributed by atoms with Gasteiger partial charge in [0.05, 0.1) is 35.8 Å². The molecule has 3 aliphatic heterocycles. The van der Waals surface area contributed by atoms with Crippen LogP contribution in [0.4, 0.5) is 15.9 Å². The summed E-state index contributed by atoms with van der Waals surface area (Å²) < 4.78 is 20.0. The normalized spacial score (nSPS) is 20.5. The minimum absolute atomic E-state index is 0.0736. The molecule has 2 saturated heterocycles. The number of amides is 1. The van der Waals surface area contributed by atoms with Gasteiger partial charge in [0.15, 0.2) is 5.83 Å². The van der Waals surface area contributed by atoms with Gasteiger partial charge in [-0.3, -0.25) is 4.79 Å². The van der Waals surface area contributed by atoms with Crippen LogP contribution in [0, 0.1) is 23.5 Å². The zero-order valence-corrected chi connectivity index (χ0v) is 24.9. The number of piperazine rings is 1. The Morgan fingerprint density at radius 2 is 2.09 bits per heavy atom. The largest absolute Gasteiger partial charge is 0.462 e. The fourth-order valence-corrected chi connectivity index (χ4v) is 6.69. The van der Waals surface area contributed by atoms with Gasteiger partial charge in [0.2, 0.25) is 0 Å². The molecule has 1 aromatic heterocycles. The molecule has 0 bridgehead atoms. The van der Waals surface area contributed by atoms with Crippen LogP contribution in [0.25, 0.3) is 10.8 Å². The van der Waals surface area contributed by atoms with Crippen LogP contribution in [0.1, 0.15) is 30.5 Å². The van der Waals surface area contributed by atoms with Crippen molar-refractivity contribution < 1.29 is 13.9 Å². The van der Waals surface area contributed by atoms with E-state index in [-0.39, 0.29) is 13.0 Å². The fourth-order valence-electron chi connectivity index (χ4n) is 6.44. The molecule has 2 aromatic carbocycles. The molecule has 4 heterocycles. The molecule has 0 radical (unpaired) electrons. The second-order valence-corrected chi connectivity index (χ2v) is 11.7. The first-order valence-corrected chi connectivity index (χ1v) is 15.0. The van der Waals surface area contributed by atoms with Crippen LogP contribution in [-0.4, -0.2) is 84.1 Å². The van der Waals surface area contributed by atoms with Gasteiger partial charge in [-0.15, -0.1) is 0 Å². The highest BCUT2D eigenvalue weighted by Gasteiger charge is 2.35. The van der Waals surface area contributed by atoms with E-state index < -0.39 is 17.8 Å². The first-order chi connectivity index (χ1) is 20.8. The monoisotopic (exact) mass is 601 g/mol. The van der Waals surface area contributed by atoms with Crippen molar-refractivity contribution in [3.05, 3.63) is 65.1 Å². The average molecular weight is 602 g/mol. The molecule has 0 spiro atoms. The Morgan fingerprint density at radius 3 is 2.86 bits per heavy atom. The number of hydrogen-bond donors (Lipinski definition) is 0. The lowest BCUT2D eigenvalue weighted by molar-refractivity contribution is -0.131. The van der Waals surface area contributed by atoms with Gasteiger partial charge < -0.3 is 24.3 Å². The molecule has 43 heavy (non-hydrogen) atoms. The van der Waals surface area contributed by atoms with Gasteiger partial charge in [-0.2, -0.15) is 15.2 Å². The third kappa shape index (κ3) is 5.78. The number of likely N-dealkylation sites (N-methyl/N-ethyl adjacent to an activating group) is 1. The van der Waals surface area contributed by atoms with Crippen molar-refractivity contribution in [1.29, 1.82) is 5.26 Å². The maximum atomic E-state index is 13.8. The average Bonchev–Trinajstić information content (AvgIpc) is 3.43. The third-order valence-electron chi connectivity index (χ3n) is 8.73. The number of nitriles is 1. The fraction of sp³-hybridized carbons (Fsp3) is 0.438. The number of carbonyl (C=O) groups is 1. The van der Waals surface area contributed by atoms with Gasteiger partial charge in [-0.1, -0.05) is 36.4 Å². The minimum atomic E-state index is -1.02. The maximum Gasteiger partial charge on any atom is 0.318 e. The Balaban J connectivity index is 1.34. The molecule has 2 atom stereocenters. The van der Waals surface area contributed by atoms with Gasteiger partial charge >= 0.3 is 6.01 Å². The molecule has 2 fully saturated rings. The summed E-state index contributed by atoms with van der Waals surface area (Å²) >= 11 is 6.63. The van der Waals surface area contributed by atoms with E-state index in [1.165, 1.54) is 4.90 Å². The van der Waals surface area contributed by atoms with Crippen LogP contribution in [-0.2, 0) is 17.8 Å². The summed E-state index contributed by atoms with van der Waals surface area (Å²) in [5, 5.41) is 11.9. The number of halogens is 2. The van der Waals surface area contributed by atoms with Crippen LogP contribution in [0.15, 0.2) is 36.7 Å². The summed E-state index contributed by atoms with van der Waals surface area (Å²) in [6, 6.07) is 16.2. The predicted molar refractivity (Wildman–Crippen MR) is 163 cm³/mol. The summed E-state index contributed by atoms with van der Waals surface area (Å²) in [5.74, 6) is -1.05. The number of anilines is 2. The van der Waals surface area contributed by atoms with Crippen molar-refractivity contribution in [2.75, 3.05) is 56.2 Å². The number of rotatable bonds is 7. The topological polar surface area (TPSA) is 88.8 Å². The lowest BCUT2D eigenvalue weighted by Gasteiger charge is -2.42. The number of nitrogens with zero attached hydrogens (tertiary/aromatic N) is 7. The summed E-state index contributed by atoms with van der Waals surface area (Å²) in [5.41, 5.74) is 2.87. The number of benzene rings is 1. The summed E-state index contributed by atoms with van der Waals surface area (Å²) in [6.07, 6.45) is 2.94. The molecule has 0 aliphatic carbocycles. The predicted octanol–water partition coefficient (Wildman–Crippen LogP) is 4.33. The van der Waals surface area contributed by atoms with Crippen molar-refractivity contribution in [2.45, 2.75) is 44.3 Å². The lowest BCUT2D eigenvalue weighted by atomic mass is 10.0. The summed E-state index contributed by atoms with van der Waals surface area (Å²) in [6.45, 7) is 6.98. The van der Waals surface area contributed by atoms with E-state index in [4.69, 9.17) is 26.3 Å². The first kappa shape index (κ1) is 29.0. The van der Waals surface area contributed by atoms with Crippen molar-refractivity contribution in [2.24, 2.45) is 0 Å². The third-order valence-corrected chi connectivity index (χ3v) is 9.03. The zero-order valence-electron chi connectivity index (χ0n) is 24.2. The molecular formula is C32H33ClFN7O2. The van der Waals surface area contributed by atoms with Gasteiger partial charge in [0.25, 0.3) is 5.91 Å². The Bertz CT molecular complexity index is 1590. The molecule has 0 N–H and O–H groups in total. The van der Waals surface area contributed by atoms with E-state index in [1.807, 2.05) is 12.1 Å². The second kappa shape index (κ2) is 12.2. The molecule has 11 heteroatoms. The molecule has 6 rings (SSSR count). The molecule has 0 unspecified atom stereocenters. The number of likely N-dealkylation sites (tertiary alicyclic amines) is 1. The number of hydrogen-bond acceptors (Lipinski definition) is 8. The SMILES string of the molecule is C=C(F)C(=O)N1CCN(c2nc(OC[C@@H]3CCCN3C)nc3c2CCN(c2cccc4c#ccc(Cl)c24)C3)C[C@@H]1CC#N. The number of fused-ring (bicyclic) bond motifs is 2. The van der Waals surface area contributed by atoms with Crippen LogP contribution < -0.4 is 14.5 Å². The number of ether oxygens (including phenoxy) is 1. The number of carbonyl (C=O) groups excluding carboxylic acids is 1. The van der Waals surface area contributed by atoms with Crippen LogP contribution in [0.2, 0.25) is 5.02 Å². The molecule has 9 nitrogen and oxygen atoms in total. The first-order valence-electron chi connectivity index (χ1n) is 14.6. The van der Waals surface area contributed by atoms with E-state index in [1.54, 1.807) is 6.07 Å². The highest BCUT2D eigenvalue weighted by molar-refractivity contribution is 6.36. The maximum absolute atomic E-state index is 13.8. The van der Waals surface area contributed by atoms with Gasteiger partial charge in [-0.25, -0.2) is 4.39 Å². The van der Waals surface area contributed by atoms with Crippen LogP contribution in [0.3, 0.4) is 0 Å². The second-order valence-electron chi connectivity index (χ2n) is 11.3. The van der Waals surface area contributed by atoms with E-state index in [0.717, 1.165) is 52.9 Å². The summed E-state index contributed by atoms with van der Waals surface area (Å²) in [4.78, 5) is 30.3. The van der Waals surface area contributed by atoms with E-state index in [0.29, 0.717) is 56.3 Å². The Kier molecular flexibility index (Phi) is 8.25. The van der Waals surface area contributed by atoms with E-state index in [2.05, 4.69) is 52.6 Å². The molecular weight excluding hydrogens is 569 g/mol. The van der Waals surface area contributed by atoms with Gasteiger partial charge in [0, 0.05) is 60.3 Å². The van der Waals surface area contributed by atoms with Gasteiger partial charge in [-0.05, 0) is 45.0 Å². The Morgan fingerprint density at radius 1 is 1.23 bits per heavy atom. The quantitative estimate of drug-likeness (QED) is 0.370. The molecule has 222 valence electrons. The highest BCUT2D eigenvalue weighted by atomic mass is 35.5. The van der Waals surface area contributed by atoms with E-state index in [9.17, 15) is 14.4 Å². The molecule has 3 aromatic rings. The smallest absolute Gasteiger partial charge is 0.318 e. The molecule has 3 aliphatic rings. The zero-order chi connectivity index (χ0) is 30.1. The van der Waals surface area contributed by atoms with Crippen molar-refractivity contribution in [3.63, 3.8) is 0 Å². The van der Waals surface area contributed by atoms with E-state index >= 15 is 0 Å². The van der Waals surface area contributed by atoms with Crippen molar-refractivity contribution in [1.82, 2.24) is 19.8 Å². The summed E-state index contributed by atoms with van der Waals surface area (Å²) in [7, 11) is 2.10. The minimum Gasteiger partial charge on any atom is -0.462 e. The van der Waals surface area contributed by atoms with Crippen molar-refractivity contribution in [3.8, 4) is 12.1 Å². The highest BCUT2D eigenvalue weighted by Crippen LogP contribution is 2.37. The Hall–Kier alpha value is -4.12. The number of aromatic nitrogens is 2. The lowest BCUT2D eigenvalue weighted by Crippen LogP contribution is -2.55. The van der Waals surface area contributed by atoms with Gasteiger partial charge in [0.1, 0.15) is 12.4 Å². The van der Waals surface area contributed by atoms with Crippen LogP contribution in [0.5, 0.6) is 6.01 Å². The standard InChI is InChI=1S/C32H33ClFN7O2/c1-21(34)31(42)41-17-16-40(18-23(41)11-13-35)30-25-12-15-39(28-10-4-7-22-6-3-9-26(33)29(22)28)19-27(25)36-32(37-30)43-20-24-8-5-14-38(24)2/h4,7,9-10,23-24H,1,5,8,11-12,14-20H2,2H3/t23-,24-/m0/s1. The molecule has 0 saturated carbocycles. The molecule has 1 amide bonds.